The fraction of sp³-hybridized carbons (Fsp3) is 0.286. The number of aryl methyl sites for hydroxylation is 1. The molecule has 0 unspecified atom stereocenters. The molecular formula is C21H21N9. The number of imidazole rings is 2. The summed E-state index contributed by atoms with van der Waals surface area (Å²) < 4.78 is 1.89. The third-order valence-corrected chi connectivity index (χ3v) is 5.79. The van der Waals surface area contributed by atoms with E-state index in [0.717, 1.165) is 70.8 Å². The summed E-state index contributed by atoms with van der Waals surface area (Å²) in [5.41, 5.74) is 5.46. The van der Waals surface area contributed by atoms with Crippen LogP contribution >= 0.6 is 0 Å². The number of rotatable bonds is 3. The largest absolute Gasteiger partial charge is 0.336 e. The molecule has 5 aromatic heterocycles. The molecule has 1 aliphatic rings. The Morgan fingerprint density at radius 1 is 1.10 bits per heavy atom. The van der Waals surface area contributed by atoms with Crippen molar-refractivity contribution >= 4 is 21.9 Å². The Hall–Kier alpha value is -3.59. The number of aromatic nitrogens is 8. The van der Waals surface area contributed by atoms with Gasteiger partial charge in [-0.2, -0.15) is 5.10 Å². The Balaban J connectivity index is 1.47. The molecule has 9 heteroatoms. The zero-order chi connectivity index (χ0) is 20.1. The predicted octanol–water partition coefficient (Wildman–Crippen LogP) is 2.86. The van der Waals surface area contributed by atoms with Gasteiger partial charge in [0.15, 0.2) is 11.6 Å². The summed E-state index contributed by atoms with van der Waals surface area (Å²) in [6.07, 6.45) is 9.57. The van der Waals surface area contributed by atoms with Crippen LogP contribution in [0.1, 0.15) is 30.1 Å². The van der Waals surface area contributed by atoms with E-state index in [1.807, 2.05) is 30.0 Å². The van der Waals surface area contributed by atoms with E-state index in [-0.39, 0.29) is 0 Å². The van der Waals surface area contributed by atoms with E-state index >= 15 is 0 Å². The lowest BCUT2D eigenvalue weighted by Gasteiger charge is -2.21. The summed E-state index contributed by atoms with van der Waals surface area (Å²) in [4.78, 5) is 21.8. The molecule has 1 aliphatic heterocycles. The van der Waals surface area contributed by atoms with Crippen LogP contribution in [0.25, 0.3) is 39.3 Å². The zero-order valence-corrected chi connectivity index (χ0v) is 16.6. The lowest BCUT2D eigenvalue weighted by Crippen LogP contribution is -2.27. The summed E-state index contributed by atoms with van der Waals surface area (Å²) in [7, 11) is 0. The topological polar surface area (TPSA) is 113 Å². The maximum Gasteiger partial charge on any atom is 0.166 e. The minimum Gasteiger partial charge on any atom is -0.336 e. The van der Waals surface area contributed by atoms with Crippen LogP contribution in [0, 0.1) is 6.92 Å². The van der Waals surface area contributed by atoms with Gasteiger partial charge in [0, 0.05) is 29.4 Å². The highest BCUT2D eigenvalue weighted by Crippen LogP contribution is 2.31. The number of nitrogens with zero attached hydrogens (tertiary/aromatic N) is 6. The maximum atomic E-state index is 4.85. The van der Waals surface area contributed by atoms with Gasteiger partial charge in [-0.25, -0.2) is 15.0 Å². The number of pyridine rings is 2. The smallest absolute Gasteiger partial charge is 0.166 e. The normalized spacial score (nSPS) is 15.4. The van der Waals surface area contributed by atoms with Crippen LogP contribution in [-0.2, 0) is 0 Å². The Morgan fingerprint density at radius 3 is 2.83 bits per heavy atom. The van der Waals surface area contributed by atoms with Gasteiger partial charge in [0.25, 0.3) is 0 Å². The molecule has 6 heterocycles. The molecule has 0 aliphatic carbocycles. The van der Waals surface area contributed by atoms with Crippen molar-refractivity contribution in [2.24, 2.45) is 0 Å². The monoisotopic (exact) mass is 399 g/mol. The summed E-state index contributed by atoms with van der Waals surface area (Å²) >= 11 is 0. The lowest BCUT2D eigenvalue weighted by molar-refractivity contribution is 0.453. The Morgan fingerprint density at radius 2 is 2.00 bits per heavy atom. The average molecular weight is 399 g/mol. The van der Waals surface area contributed by atoms with Gasteiger partial charge in [0.05, 0.1) is 22.9 Å². The summed E-state index contributed by atoms with van der Waals surface area (Å²) in [5, 5.41) is 12.1. The summed E-state index contributed by atoms with van der Waals surface area (Å²) in [6.45, 7) is 4.03. The predicted molar refractivity (Wildman–Crippen MR) is 113 cm³/mol. The van der Waals surface area contributed by atoms with E-state index in [4.69, 9.17) is 4.98 Å². The van der Waals surface area contributed by atoms with Crippen molar-refractivity contribution in [3.05, 3.63) is 48.4 Å². The molecule has 0 radical (unpaired) electrons. The molecule has 0 bridgehead atoms. The third-order valence-electron chi connectivity index (χ3n) is 5.79. The lowest BCUT2D eigenvalue weighted by atomic mass is 9.93. The highest BCUT2D eigenvalue weighted by Gasteiger charge is 2.20. The first-order valence-corrected chi connectivity index (χ1v) is 10.2. The number of H-pyrrole nitrogens is 2. The van der Waals surface area contributed by atoms with E-state index in [2.05, 4.69) is 41.5 Å². The van der Waals surface area contributed by atoms with Crippen LogP contribution in [0.15, 0.2) is 37.1 Å². The fourth-order valence-electron chi connectivity index (χ4n) is 4.21. The van der Waals surface area contributed by atoms with Crippen LogP contribution in [0.4, 0.5) is 0 Å². The van der Waals surface area contributed by atoms with Crippen LogP contribution in [0.2, 0.25) is 0 Å². The molecule has 3 N–H and O–H groups in total. The highest BCUT2D eigenvalue weighted by molar-refractivity contribution is 5.93. The second-order valence-corrected chi connectivity index (χ2v) is 7.79. The number of nitrogens with one attached hydrogen (secondary N) is 3. The standard InChI is InChI=1S/C21H21N9/c1-12-10-30(11-25-12)21-19-15(4-7-23-21)26-20(27-19)18-14-8-16(13-2-5-22-6-3-13)24-9-17(14)28-29-18/h4,7-11,13,22H,2-3,5-6H2,1H3,(H,26,27)(H,28,29). The first kappa shape index (κ1) is 17.3. The molecule has 30 heavy (non-hydrogen) atoms. The minimum absolute atomic E-state index is 0.481. The maximum absolute atomic E-state index is 4.85. The van der Waals surface area contributed by atoms with Crippen LogP contribution in [0.3, 0.4) is 0 Å². The first-order chi connectivity index (χ1) is 14.8. The molecule has 1 fully saturated rings. The van der Waals surface area contributed by atoms with Gasteiger partial charge in [-0.1, -0.05) is 0 Å². The molecule has 9 nitrogen and oxygen atoms in total. The number of hydrogen-bond acceptors (Lipinski definition) is 6. The molecular weight excluding hydrogens is 378 g/mol. The van der Waals surface area contributed by atoms with Crippen LogP contribution < -0.4 is 5.32 Å². The quantitative estimate of drug-likeness (QED) is 0.430. The van der Waals surface area contributed by atoms with Crippen LogP contribution in [0.5, 0.6) is 0 Å². The van der Waals surface area contributed by atoms with Crippen molar-refractivity contribution < 1.29 is 0 Å². The number of aromatic amines is 2. The molecule has 0 spiro atoms. The first-order valence-electron chi connectivity index (χ1n) is 10.2. The molecule has 5 aromatic rings. The van der Waals surface area contributed by atoms with Crippen LogP contribution in [-0.4, -0.2) is 52.8 Å². The van der Waals surface area contributed by atoms with Crippen molar-refractivity contribution in [1.29, 1.82) is 0 Å². The molecule has 6 rings (SSSR count). The van der Waals surface area contributed by atoms with Crippen molar-refractivity contribution in [1.82, 2.24) is 45.0 Å². The number of fused-ring (bicyclic) bond motifs is 2. The van der Waals surface area contributed by atoms with Gasteiger partial charge < -0.3 is 10.3 Å². The Labute approximate surface area is 172 Å². The second-order valence-electron chi connectivity index (χ2n) is 7.79. The molecule has 0 atom stereocenters. The van der Waals surface area contributed by atoms with E-state index < -0.39 is 0 Å². The molecule has 1 saturated heterocycles. The van der Waals surface area contributed by atoms with E-state index in [1.165, 1.54) is 0 Å². The summed E-state index contributed by atoms with van der Waals surface area (Å²) in [5.74, 6) is 1.94. The second kappa shape index (κ2) is 6.74. The molecule has 150 valence electrons. The van der Waals surface area contributed by atoms with Gasteiger partial charge in [-0.05, 0) is 45.0 Å². The van der Waals surface area contributed by atoms with Gasteiger partial charge in [0.1, 0.15) is 17.5 Å². The molecule has 0 aromatic carbocycles. The van der Waals surface area contributed by atoms with E-state index in [9.17, 15) is 0 Å². The van der Waals surface area contributed by atoms with E-state index in [1.54, 1.807) is 12.5 Å². The van der Waals surface area contributed by atoms with E-state index in [0.29, 0.717) is 11.7 Å². The molecule has 0 saturated carbocycles. The van der Waals surface area contributed by atoms with Crippen molar-refractivity contribution in [2.75, 3.05) is 13.1 Å². The summed E-state index contributed by atoms with van der Waals surface area (Å²) in [6, 6.07) is 4.09. The van der Waals surface area contributed by atoms with Crippen molar-refractivity contribution in [3.63, 3.8) is 0 Å². The highest BCUT2D eigenvalue weighted by atomic mass is 15.2. The zero-order valence-electron chi connectivity index (χ0n) is 16.6. The minimum atomic E-state index is 0.481. The molecule has 0 amide bonds. The van der Waals surface area contributed by atoms with Crippen molar-refractivity contribution in [3.8, 4) is 17.3 Å². The SMILES string of the molecule is Cc1cn(-c2nccc3[nH]c(-c4n[nH]c5cnc(C6CCNCC6)cc45)nc23)cn1. The van der Waals surface area contributed by atoms with Gasteiger partial charge >= 0.3 is 0 Å². The van der Waals surface area contributed by atoms with Gasteiger partial charge in [-0.3, -0.25) is 14.6 Å². The third kappa shape index (κ3) is 2.78. The Bertz CT molecular complexity index is 1350. The van der Waals surface area contributed by atoms with Gasteiger partial charge in [-0.15, -0.1) is 0 Å². The fourth-order valence-corrected chi connectivity index (χ4v) is 4.21. The number of hydrogen-bond donors (Lipinski definition) is 3. The van der Waals surface area contributed by atoms with Gasteiger partial charge in [0.2, 0.25) is 0 Å². The van der Waals surface area contributed by atoms with Crippen molar-refractivity contribution in [2.45, 2.75) is 25.7 Å². The number of piperidine rings is 1. The Kier molecular flexibility index (Phi) is 3.88. The average Bonchev–Trinajstić information content (AvgIpc) is 3.51.